The summed E-state index contributed by atoms with van der Waals surface area (Å²) in [5, 5.41) is 7.96. The fraction of sp³-hybridized carbons (Fsp3) is 0.312. The van der Waals surface area contributed by atoms with E-state index in [1.54, 1.807) is 29.2 Å². The van der Waals surface area contributed by atoms with Gasteiger partial charge in [0, 0.05) is 18.5 Å². The van der Waals surface area contributed by atoms with E-state index in [0.717, 1.165) is 5.69 Å². The van der Waals surface area contributed by atoms with E-state index in [1.165, 1.54) is 11.3 Å². The Morgan fingerprint density at radius 2 is 1.96 bits per heavy atom. The molecule has 7 nitrogen and oxygen atoms in total. The van der Waals surface area contributed by atoms with Crippen LogP contribution in [0.25, 0.3) is 0 Å². The average molecular weight is 346 g/mol. The van der Waals surface area contributed by atoms with Crippen molar-refractivity contribution >= 4 is 34.1 Å². The number of nitrogens with one attached hydrogen (secondary N) is 2. The van der Waals surface area contributed by atoms with Crippen molar-refractivity contribution in [2.24, 2.45) is 0 Å². The van der Waals surface area contributed by atoms with Gasteiger partial charge in [-0.15, -0.1) is 11.3 Å². The Bertz CT molecular complexity index is 740. The highest BCUT2D eigenvalue weighted by Gasteiger charge is 2.19. The van der Waals surface area contributed by atoms with Crippen molar-refractivity contribution < 1.29 is 14.3 Å². The highest BCUT2D eigenvalue weighted by Crippen LogP contribution is 2.20. The van der Waals surface area contributed by atoms with Crippen molar-refractivity contribution in [2.75, 3.05) is 36.9 Å². The molecule has 1 saturated heterocycles. The Balaban J connectivity index is 1.72. The van der Waals surface area contributed by atoms with Gasteiger partial charge in [0.25, 0.3) is 5.91 Å². The van der Waals surface area contributed by atoms with Gasteiger partial charge in [0.15, 0.2) is 5.13 Å². The monoisotopic (exact) mass is 346 g/mol. The molecule has 1 aromatic heterocycles. The molecular weight excluding hydrogens is 328 g/mol. The molecule has 3 rings (SSSR count). The second kappa shape index (κ2) is 7.41. The van der Waals surface area contributed by atoms with Crippen LogP contribution in [0.4, 0.5) is 15.6 Å². The summed E-state index contributed by atoms with van der Waals surface area (Å²) in [7, 11) is 0. The van der Waals surface area contributed by atoms with Crippen molar-refractivity contribution in [3.63, 3.8) is 0 Å². The van der Waals surface area contributed by atoms with E-state index in [0.29, 0.717) is 42.7 Å². The maximum atomic E-state index is 12.5. The molecule has 8 heteroatoms. The number of amides is 3. The number of aryl methyl sites for hydroxylation is 1. The average Bonchev–Trinajstić information content (AvgIpc) is 3.01. The molecule has 0 aliphatic carbocycles. The number of hydrogen-bond donors (Lipinski definition) is 2. The first kappa shape index (κ1) is 16.4. The van der Waals surface area contributed by atoms with Crippen molar-refractivity contribution in [3.8, 4) is 0 Å². The lowest BCUT2D eigenvalue weighted by Gasteiger charge is -2.27. The van der Waals surface area contributed by atoms with E-state index in [4.69, 9.17) is 4.74 Å². The largest absolute Gasteiger partial charge is 0.378 e. The van der Waals surface area contributed by atoms with Crippen molar-refractivity contribution in [1.29, 1.82) is 0 Å². The van der Waals surface area contributed by atoms with Crippen molar-refractivity contribution in [1.82, 2.24) is 9.88 Å². The summed E-state index contributed by atoms with van der Waals surface area (Å²) in [4.78, 5) is 30.7. The normalized spacial score (nSPS) is 14.3. The number of carbonyl (C=O) groups excluding carboxylic acids is 2. The minimum atomic E-state index is -0.303. The Morgan fingerprint density at radius 3 is 2.67 bits per heavy atom. The van der Waals surface area contributed by atoms with Gasteiger partial charge < -0.3 is 15.0 Å². The summed E-state index contributed by atoms with van der Waals surface area (Å²) < 4.78 is 5.24. The Hall–Kier alpha value is -2.45. The second-order valence-corrected chi connectivity index (χ2v) is 6.18. The van der Waals surface area contributed by atoms with E-state index < -0.39 is 0 Å². The highest BCUT2D eigenvalue weighted by atomic mass is 32.1. The molecule has 3 amide bonds. The number of anilines is 2. The lowest BCUT2D eigenvalue weighted by molar-refractivity contribution is 0.0564. The number of ether oxygens (including phenoxy) is 1. The molecule has 126 valence electrons. The lowest BCUT2D eigenvalue weighted by Crippen LogP contribution is -2.43. The first-order valence-electron chi connectivity index (χ1n) is 7.59. The maximum Gasteiger partial charge on any atom is 0.322 e. The van der Waals surface area contributed by atoms with Crippen LogP contribution in [0.15, 0.2) is 29.6 Å². The van der Waals surface area contributed by atoms with E-state index in [2.05, 4.69) is 15.6 Å². The molecule has 0 unspecified atom stereocenters. The molecular formula is C16H18N4O3S. The van der Waals surface area contributed by atoms with Crippen LogP contribution in [0.1, 0.15) is 16.1 Å². The molecule has 0 saturated carbocycles. The summed E-state index contributed by atoms with van der Waals surface area (Å²) >= 11 is 1.36. The topological polar surface area (TPSA) is 83.6 Å². The molecule has 1 aromatic carbocycles. The fourth-order valence-corrected chi connectivity index (χ4v) is 3.01. The van der Waals surface area contributed by atoms with Gasteiger partial charge in [-0.3, -0.25) is 10.1 Å². The summed E-state index contributed by atoms with van der Waals surface area (Å²) in [6, 6.07) is 6.68. The Kier molecular flexibility index (Phi) is 5.07. The van der Waals surface area contributed by atoms with E-state index >= 15 is 0 Å². The Morgan fingerprint density at radius 1 is 1.21 bits per heavy atom. The van der Waals surface area contributed by atoms with E-state index in [9.17, 15) is 9.59 Å². The van der Waals surface area contributed by atoms with Crippen LogP contribution in [0.2, 0.25) is 0 Å². The van der Waals surface area contributed by atoms with Crippen LogP contribution in [0, 0.1) is 6.92 Å². The maximum absolute atomic E-state index is 12.5. The zero-order valence-electron chi connectivity index (χ0n) is 13.2. The van der Waals surface area contributed by atoms with Gasteiger partial charge in [-0.25, -0.2) is 9.78 Å². The third-order valence-corrected chi connectivity index (χ3v) is 4.43. The van der Waals surface area contributed by atoms with E-state index in [1.807, 2.05) is 12.3 Å². The third-order valence-electron chi connectivity index (χ3n) is 3.55. The number of rotatable bonds is 3. The van der Waals surface area contributed by atoms with E-state index in [-0.39, 0.29) is 11.9 Å². The number of aromatic nitrogens is 1. The molecule has 1 aliphatic rings. The summed E-state index contributed by atoms with van der Waals surface area (Å²) in [5.41, 5.74) is 1.72. The molecule has 0 atom stereocenters. The fourth-order valence-electron chi connectivity index (χ4n) is 2.33. The number of carbonyl (C=O) groups is 2. The predicted molar refractivity (Wildman–Crippen MR) is 92.7 cm³/mol. The number of nitrogens with zero attached hydrogens (tertiary/aromatic N) is 2. The molecule has 0 radical (unpaired) electrons. The molecule has 2 heterocycles. The molecule has 1 aliphatic heterocycles. The number of benzene rings is 1. The standard InChI is InChI=1S/C16H18N4O3S/c1-11-10-24-15(17-11)19-14(21)12-4-2-3-5-13(12)18-16(22)20-6-8-23-9-7-20/h2-5,10H,6-9H2,1H3,(H,18,22)(H,17,19,21). The van der Waals surface area contributed by atoms with Gasteiger partial charge in [0.1, 0.15) is 0 Å². The van der Waals surface area contributed by atoms with Crippen LogP contribution in [0.5, 0.6) is 0 Å². The number of hydrogen-bond acceptors (Lipinski definition) is 5. The molecule has 2 N–H and O–H groups in total. The van der Waals surface area contributed by atoms with Crippen LogP contribution < -0.4 is 10.6 Å². The zero-order valence-corrected chi connectivity index (χ0v) is 14.1. The minimum absolute atomic E-state index is 0.233. The smallest absolute Gasteiger partial charge is 0.322 e. The van der Waals surface area contributed by atoms with Crippen molar-refractivity contribution in [3.05, 3.63) is 40.9 Å². The second-order valence-electron chi connectivity index (χ2n) is 5.32. The van der Waals surface area contributed by atoms with Gasteiger partial charge in [-0.2, -0.15) is 0 Å². The quantitative estimate of drug-likeness (QED) is 0.895. The first-order chi connectivity index (χ1) is 11.6. The van der Waals surface area contributed by atoms with Crippen LogP contribution in [-0.4, -0.2) is 48.1 Å². The molecule has 2 aromatic rings. The van der Waals surface area contributed by atoms with Gasteiger partial charge in [-0.05, 0) is 19.1 Å². The molecule has 24 heavy (non-hydrogen) atoms. The zero-order chi connectivity index (χ0) is 16.9. The molecule has 0 spiro atoms. The molecule has 0 bridgehead atoms. The van der Waals surface area contributed by atoms with Crippen LogP contribution in [0.3, 0.4) is 0 Å². The summed E-state index contributed by atoms with van der Waals surface area (Å²) in [5.74, 6) is -0.303. The lowest BCUT2D eigenvalue weighted by atomic mass is 10.1. The number of morpholine rings is 1. The SMILES string of the molecule is Cc1csc(NC(=O)c2ccccc2NC(=O)N2CCOCC2)n1. The summed E-state index contributed by atoms with van der Waals surface area (Å²) in [6.45, 7) is 4.00. The highest BCUT2D eigenvalue weighted by molar-refractivity contribution is 7.13. The minimum Gasteiger partial charge on any atom is -0.378 e. The first-order valence-corrected chi connectivity index (χ1v) is 8.47. The Labute approximate surface area is 143 Å². The van der Waals surface area contributed by atoms with Gasteiger partial charge in [-0.1, -0.05) is 12.1 Å². The number of para-hydroxylation sites is 1. The third kappa shape index (κ3) is 3.90. The predicted octanol–water partition coefficient (Wildman–Crippen LogP) is 2.57. The van der Waals surface area contributed by atoms with Crippen LogP contribution >= 0.6 is 11.3 Å². The van der Waals surface area contributed by atoms with Crippen LogP contribution in [-0.2, 0) is 4.74 Å². The van der Waals surface area contributed by atoms with Crippen molar-refractivity contribution in [2.45, 2.75) is 6.92 Å². The summed E-state index contributed by atoms with van der Waals surface area (Å²) in [6.07, 6.45) is 0. The molecule has 1 fully saturated rings. The van der Waals surface area contributed by atoms with Gasteiger partial charge >= 0.3 is 6.03 Å². The van der Waals surface area contributed by atoms with Gasteiger partial charge in [0.05, 0.1) is 30.2 Å². The number of thiazole rings is 1. The van der Waals surface area contributed by atoms with Gasteiger partial charge in [0.2, 0.25) is 0 Å². The number of urea groups is 1.